The number of aromatic nitrogens is 2. The average Bonchev–Trinajstić information content (AvgIpc) is 2.97. The fourth-order valence-electron chi connectivity index (χ4n) is 1.80. The number of nitrogens with one attached hydrogen (secondary N) is 2. The van der Waals surface area contributed by atoms with Crippen molar-refractivity contribution in [1.82, 2.24) is 14.7 Å². The Labute approximate surface area is 127 Å². The quantitative estimate of drug-likeness (QED) is 0.733. The molecular formula is C12H14ClN3O4S. The minimum atomic E-state index is -3.85. The Morgan fingerprint density at radius 3 is 2.81 bits per heavy atom. The number of imidazole rings is 1. The van der Waals surface area contributed by atoms with E-state index in [4.69, 9.17) is 16.3 Å². The van der Waals surface area contributed by atoms with Crippen molar-refractivity contribution in [2.75, 3.05) is 7.11 Å². The maximum atomic E-state index is 12.4. The molecule has 1 aromatic heterocycles. The molecule has 21 heavy (non-hydrogen) atoms. The lowest BCUT2D eigenvalue weighted by atomic mass is 10.2. The molecule has 2 rings (SSSR count). The average molecular weight is 332 g/mol. The third kappa shape index (κ3) is 3.53. The van der Waals surface area contributed by atoms with Crippen LogP contribution in [0.15, 0.2) is 29.6 Å². The van der Waals surface area contributed by atoms with Crippen LogP contribution in [-0.2, 0) is 23.2 Å². The van der Waals surface area contributed by atoms with Gasteiger partial charge in [0.05, 0.1) is 26.6 Å². The second-order valence-corrected chi connectivity index (χ2v) is 6.33. The molecule has 0 saturated carbocycles. The smallest absolute Gasteiger partial charge is 0.244 e. The molecule has 9 heteroatoms. The van der Waals surface area contributed by atoms with Crippen LogP contribution in [0.5, 0.6) is 5.75 Å². The van der Waals surface area contributed by atoms with Crippen molar-refractivity contribution in [2.45, 2.75) is 18.0 Å². The molecular weight excluding hydrogens is 318 g/mol. The van der Waals surface area contributed by atoms with Crippen molar-refractivity contribution in [2.24, 2.45) is 0 Å². The van der Waals surface area contributed by atoms with Crippen LogP contribution in [0.4, 0.5) is 0 Å². The van der Waals surface area contributed by atoms with Crippen molar-refractivity contribution < 1.29 is 18.3 Å². The zero-order chi connectivity index (χ0) is 15.5. The van der Waals surface area contributed by atoms with Crippen LogP contribution in [0.2, 0.25) is 5.02 Å². The second-order valence-electron chi connectivity index (χ2n) is 4.16. The first-order valence-corrected chi connectivity index (χ1v) is 7.78. The number of nitrogens with zero attached hydrogens (tertiary/aromatic N) is 1. The van der Waals surface area contributed by atoms with Crippen molar-refractivity contribution in [1.29, 1.82) is 0 Å². The Morgan fingerprint density at radius 1 is 1.48 bits per heavy atom. The van der Waals surface area contributed by atoms with Crippen LogP contribution in [0.3, 0.4) is 0 Å². The van der Waals surface area contributed by atoms with E-state index in [0.717, 1.165) is 0 Å². The first-order chi connectivity index (χ1) is 9.97. The highest BCUT2D eigenvalue weighted by Gasteiger charge is 2.22. The lowest BCUT2D eigenvalue weighted by molar-refractivity contribution is 0.272. The van der Waals surface area contributed by atoms with Gasteiger partial charge >= 0.3 is 0 Å². The molecule has 3 N–H and O–H groups in total. The minimum Gasteiger partial charge on any atom is -0.495 e. The van der Waals surface area contributed by atoms with Crippen LogP contribution >= 0.6 is 11.6 Å². The largest absolute Gasteiger partial charge is 0.495 e. The number of benzene rings is 1. The van der Waals surface area contributed by atoms with Gasteiger partial charge in [-0.3, -0.25) is 0 Å². The summed E-state index contributed by atoms with van der Waals surface area (Å²) in [6.45, 7) is -0.334. The Balaban J connectivity index is 2.36. The van der Waals surface area contributed by atoms with E-state index in [2.05, 4.69) is 14.7 Å². The molecule has 0 spiro atoms. The number of ether oxygens (including phenoxy) is 1. The molecule has 2 aromatic rings. The highest BCUT2D eigenvalue weighted by molar-refractivity contribution is 7.89. The fourth-order valence-corrected chi connectivity index (χ4v) is 3.35. The number of aliphatic hydroxyl groups excluding tert-OH is 1. The summed E-state index contributed by atoms with van der Waals surface area (Å²) in [5.74, 6) is 0.0685. The van der Waals surface area contributed by atoms with Crippen LogP contribution in [-0.4, -0.2) is 30.6 Å². The van der Waals surface area contributed by atoms with E-state index in [1.54, 1.807) is 0 Å². The van der Waals surface area contributed by atoms with Gasteiger partial charge in [-0.25, -0.2) is 18.1 Å². The molecule has 1 heterocycles. The molecule has 0 fully saturated rings. The topological polar surface area (TPSA) is 104 Å². The number of aliphatic hydroxyl groups is 1. The van der Waals surface area contributed by atoms with E-state index < -0.39 is 10.0 Å². The Hall–Kier alpha value is -1.61. The zero-order valence-corrected chi connectivity index (χ0v) is 12.7. The van der Waals surface area contributed by atoms with E-state index in [0.29, 0.717) is 11.3 Å². The van der Waals surface area contributed by atoms with E-state index in [1.807, 2.05) is 0 Å². The second kappa shape index (κ2) is 6.44. The molecule has 0 aliphatic carbocycles. The number of rotatable bonds is 6. The van der Waals surface area contributed by atoms with Gasteiger partial charge in [-0.2, -0.15) is 0 Å². The van der Waals surface area contributed by atoms with Gasteiger partial charge in [0, 0.05) is 22.5 Å². The number of halogens is 1. The Kier molecular flexibility index (Phi) is 4.84. The Morgan fingerprint density at radius 2 is 2.24 bits per heavy atom. The van der Waals surface area contributed by atoms with Crippen molar-refractivity contribution in [3.05, 3.63) is 40.9 Å². The third-order valence-electron chi connectivity index (χ3n) is 2.77. The molecule has 7 nitrogen and oxygen atoms in total. The van der Waals surface area contributed by atoms with Gasteiger partial charge in [-0.05, 0) is 12.1 Å². The highest BCUT2D eigenvalue weighted by Crippen LogP contribution is 2.31. The molecule has 0 radical (unpaired) electrons. The number of H-pyrrole nitrogens is 1. The van der Waals surface area contributed by atoms with E-state index >= 15 is 0 Å². The molecule has 0 saturated heterocycles. The Bertz CT molecular complexity index is 716. The van der Waals surface area contributed by atoms with Crippen molar-refractivity contribution in [3.8, 4) is 5.75 Å². The highest BCUT2D eigenvalue weighted by atomic mass is 35.5. The van der Waals surface area contributed by atoms with Gasteiger partial charge in [0.1, 0.15) is 10.6 Å². The molecule has 0 atom stereocenters. The van der Waals surface area contributed by atoms with Gasteiger partial charge in [0.15, 0.2) is 0 Å². The third-order valence-corrected chi connectivity index (χ3v) is 4.39. The number of methoxy groups -OCH3 is 1. The number of aromatic amines is 1. The van der Waals surface area contributed by atoms with Crippen LogP contribution in [0, 0.1) is 0 Å². The van der Waals surface area contributed by atoms with E-state index in [-0.39, 0.29) is 28.8 Å². The van der Waals surface area contributed by atoms with Gasteiger partial charge in [0.2, 0.25) is 10.0 Å². The summed E-state index contributed by atoms with van der Waals surface area (Å²) in [7, 11) is -2.52. The lowest BCUT2D eigenvalue weighted by Gasteiger charge is -2.14. The van der Waals surface area contributed by atoms with Crippen molar-refractivity contribution in [3.63, 3.8) is 0 Å². The van der Waals surface area contributed by atoms with Crippen LogP contribution in [0.1, 0.15) is 11.3 Å². The monoisotopic (exact) mass is 331 g/mol. The number of sulfonamides is 1. The molecule has 1 aromatic carbocycles. The van der Waals surface area contributed by atoms with Gasteiger partial charge in [-0.1, -0.05) is 11.6 Å². The first kappa shape index (κ1) is 15.8. The fraction of sp³-hybridized carbons (Fsp3) is 0.250. The molecule has 0 bridgehead atoms. The zero-order valence-electron chi connectivity index (χ0n) is 11.1. The summed E-state index contributed by atoms with van der Waals surface area (Å²) in [5.41, 5.74) is 0.911. The summed E-state index contributed by atoms with van der Waals surface area (Å²) in [6.07, 6.45) is 2.96. The molecule has 0 unspecified atom stereocenters. The summed E-state index contributed by atoms with van der Waals surface area (Å²) in [6, 6.07) is 2.73. The molecule has 114 valence electrons. The van der Waals surface area contributed by atoms with Gasteiger partial charge in [-0.15, -0.1) is 0 Å². The van der Waals surface area contributed by atoms with E-state index in [1.165, 1.54) is 31.8 Å². The van der Waals surface area contributed by atoms with E-state index in [9.17, 15) is 13.5 Å². The van der Waals surface area contributed by atoms with Crippen LogP contribution < -0.4 is 9.46 Å². The SMILES string of the molecule is COc1c(CO)cc(Cl)cc1S(=O)(=O)NCc1cnc[nH]1. The van der Waals surface area contributed by atoms with Gasteiger partial charge < -0.3 is 14.8 Å². The number of hydrogen-bond acceptors (Lipinski definition) is 5. The summed E-state index contributed by atoms with van der Waals surface area (Å²) in [5, 5.41) is 9.47. The maximum Gasteiger partial charge on any atom is 0.244 e. The summed E-state index contributed by atoms with van der Waals surface area (Å²) >= 11 is 5.89. The standard InChI is InChI=1S/C12H14ClN3O4S/c1-20-12-8(6-17)2-9(13)3-11(12)21(18,19)16-5-10-4-14-7-15-10/h2-4,7,16-17H,5-6H2,1H3,(H,14,15). The maximum absolute atomic E-state index is 12.4. The predicted octanol–water partition coefficient (Wildman–Crippen LogP) is 1.04. The summed E-state index contributed by atoms with van der Waals surface area (Å²) < 4.78 is 32.2. The predicted molar refractivity (Wildman–Crippen MR) is 76.5 cm³/mol. The van der Waals surface area contributed by atoms with Crippen molar-refractivity contribution >= 4 is 21.6 Å². The number of hydrogen-bond donors (Lipinski definition) is 3. The molecule has 0 amide bonds. The normalized spacial score (nSPS) is 11.6. The minimum absolute atomic E-state index is 0.0481. The van der Waals surface area contributed by atoms with Gasteiger partial charge in [0.25, 0.3) is 0 Å². The van der Waals surface area contributed by atoms with Crippen LogP contribution in [0.25, 0.3) is 0 Å². The lowest BCUT2D eigenvalue weighted by Crippen LogP contribution is -2.24. The summed E-state index contributed by atoms with van der Waals surface area (Å²) in [4.78, 5) is 6.47. The molecule has 0 aliphatic rings. The first-order valence-electron chi connectivity index (χ1n) is 5.92. The molecule has 0 aliphatic heterocycles.